The number of amides is 1. The molecule has 3 rings (SSSR count). The molecule has 5 nitrogen and oxygen atoms in total. The lowest BCUT2D eigenvalue weighted by Crippen LogP contribution is -2.17. The lowest BCUT2D eigenvalue weighted by molar-refractivity contribution is 0.103. The predicted octanol–water partition coefficient (Wildman–Crippen LogP) is 4.36. The molecule has 2 aromatic carbocycles. The topological polar surface area (TPSA) is 75.3 Å². The molecule has 1 amide bonds. The third-order valence-corrected chi connectivity index (χ3v) is 5.71. The first-order valence-electron chi connectivity index (χ1n) is 7.48. The largest absolute Gasteiger partial charge is 0.321 e. The number of benzene rings is 2. The second kappa shape index (κ2) is 7.60. The summed E-state index contributed by atoms with van der Waals surface area (Å²) < 4.78 is 79.6. The molecule has 0 aliphatic heterocycles. The van der Waals surface area contributed by atoms with Gasteiger partial charge in [-0.1, -0.05) is 0 Å². The molecule has 11 heteroatoms. The SMILES string of the molecule is O=C(Nc1cc(F)cc(F)c1)c1sccc1NS(=O)(=O)c1ccc(F)c(F)c1. The van der Waals surface area contributed by atoms with Crippen LogP contribution in [0.2, 0.25) is 0 Å². The lowest BCUT2D eigenvalue weighted by atomic mass is 10.3. The van der Waals surface area contributed by atoms with Crippen LogP contribution in [0.25, 0.3) is 0 Å². The summed E-state index contributed by atoms with van der Waals surface area (Å²) in [4.78, 5) is 11.7. The Morgan fingerprint density at radius 1 is 0.893 bits per heavy atom. The molecule has 2 N–H and O–H groups in total. The van der Waals surface area contributed by atoms with E-state index >= 15 is 0 Å². The summed E-state index contributed by atoms with van der Waals surface area (Å²) >= 11 is 0.866. The summed E-state index contributed by atoms with van der Waals surface area (Å²) in [5.74, 6) is -5.18. The molecule has 0 saturated heterocycles. The number of rotatable bonds is 5. The van der Waals surface area contributed by atoms with E-state index in [0.717, 1.165) is 29.5 Å². The van der Waals surface area contributed by atoms with Crippen LogP contribution >= 0.6 is 11.3 Å². The van der Waals surface area contributed by atoms with E-state index in [-0.39, 0.29) is 16.3 Å². The van der Waals surface area contributed by atoms with Gasteiger partial charge in [-0.05, 0) is 41.8 Å². The molecule has 0 saturated carbocycles. The molecule has 0 unspecified atom stereocenters. The summed E-state index contributed by atoms with van der Waals surface area (Å²) in [5, 5.41) is 3.66. The molecule has 0 radical (unpaired) electrons. The Bertz CT molecular complexity index is 1140. The Labute approximate surface area is 160 Å². The molecule has 0 aliphatic carbocycles. The van der Waals surface area contributed by atoms with Gasteiger partial charge in [-0.2, -0.15) is 0 Å². The van der Waals surface area contributed by atoms with Gasteiger partial charge >= 0.3 is 0 Å². The summed E-state index contributed by atoms with van der Waals surface area (Å²) in [6.45, 7) is 0. The molecule has 1 heterocycles. The third-order valence-electron chi connectivity index (χ3n) is 3.44. The van der Waals surface area contributed by atoms with Crippen LogP contribution in [0.3, 0.4) is 0 Å². The maximum absolute atomic E-state index is 13.3. The van der Waals surface area contributed by atoms with Crippen LogP contribution in [0.15, 0.2) is 52.7 Å². The van der Waals surface area contributed by atoms with Gasteiger partial charge in [0.05, 0.1) is 10.6 Å². The van der Waals surface area contributed by atoms with Gasteiger partial charge in [-0.25, -0.2) is 26.0 Å². The van der Waals surface area contributed by atoms with Crippen molar-refractivity contribution in [2.75, 3.05) is 10.0 Å². The average Bonchev–Trinajstić information content (AvgIpc) is 3.03. The first kappa shape index (κ1) is 19.8. The Morgan fingerprint density at radius 3 is 2.21 bits per heavy atom. The maximum atomic E-state index is 13.3. The van der Waals surface area contributed by atoms with Gasteiger partial charge in [-0.3, -0.25) is 9.52 Å². The Balaban J connectivity index is 1.84. The van der Waals surface area contributed by atoms with Crippen molar-refractivity contribution in [3.63, 3.8) is 0 Å². The molecule has 28 heavy (non-hydrogen) atoms. The standard InChI is InChI=1S/C17H10F4N2O3S2/c18-9-5-10(19)7-11(6-9)22-17(24)16-15(3-4-27-16)23-28(25,26)12-1-2-13(20)14(21)8-12/h1-8,23H,(H,22,24). The fourth-order valence-electron chi connectivity index (χ4n) is 2.23. The second-order valence-electron chi connectivity index (χ2n) is 5.46. The van der Waals surface area contributed by atoms with Crippen molar-refractivity contribution >= 4 is 38.6 Å². The molecule has 0 atom stereocenters. The van der Waals surface area contributed by atoms with Crippen LogP contribution < -0.4 is 10.0 Å². The van der Waals surface area contributed by atoms with E-state index in [4.69, 9.17) is 0 Å². The molecule has 0 fully saturated rings. The zero-order chi connectivity index (χ0) is 20.5. The molecule has 3 aromatic rings. The summed E-state index contributed by atoms with van der Waals surface area (Å²) in [6, 6.07) is 5.70. The van der Waals surface area contributed by atoms with E-state index in [9.17, 15) is 30.8 Å². The summed E-state index contributed by atoms with van der Waals surface area (Å²) in [5.41, 5.74) is -0.297. The summed E-state index contributed by atoms with van der Waals surface area (Å²) in [6.07, 6.45) is 0. The van der Waals surface area contributed by atoms with E-state index in [1.165, 1.54) is 11.4 Å². The zero-order valence-corrected chi connectivity index (χ0v) is 15.3. The second-order valence-corrected chi connectivity index (χ2v) is 8.06. The molecular formula is C17H10F4N2O3S2. The van der Waals surface area contributed by atoms with Crippen LogP contribution in [0.4, 0.5) is 28.9 Å². The smallest absolute Gasteiger partial charge is 0.267 e. The number of nitrogens with one attached hydrogen (secondary N) is 2. The van der Waals surface area contributed by atoms with E-state index in [1.54, 1.807) is 0 Å². The van der Waals surface area contributed by atoms with Gasteiger partial charge in [0.25, 0.3) is 15.9 Å². The van der Waals surface area contributed by atoms with Crippen molar-refractivity contribution in [3.05, 3.63) is 76.0 Å². The predicted molar refractivity (Wildman–Crippen MR) is 95.8 cm³/mol. The van der Waals surface area contributed by atoms with Gasteiger partial charge in [-0.15, -0.1) is 11.3 Å². The van der Waals surface area contributed by atoms with Crippen molar-refractivity contribution in [2.45, 2.75) is 4.90 Å². The molecule has 0 bridgehead atoms. The van der Waals surface area contributed by atoms with Crippen LogP contribution in [0.1, 0.15) is 9.67 Å². The Kier molecular flexibility index (Phi) is 5.38. The fourth-order valence-corrected chi connectivity index (χ4v) is 4.12. The number of sulfonamides is 1. The number of hydrogen-bond donors (Lipinski definition) is 2. The molecule has 0 spiro atoms. The van der Waals surface area contributed by atoms with Gasteiger partial charge in [0.15, 0.2) is 11.6 Å². The third kappa shape index (κ3) is 4.31. The molecule has 1 aromatic heterocycles. The number of hydrogen-bond acceptors (Lipinski definition) is 4. The normalized spacial score (nSPS) is 11.3. The average molecular weight is 430 g/mol. The summed E-state index contributed by atoms with van der Waals surface area (Å²) in [7, 11) is -4.31. The van der Waals surface area contributed by atoms with Crippen molar-refractivity contribution in [1.82, 2.24) is 0 Å². The van der Waals surface area contributed by atoms with E-state index in [1.807, 2.05) is 0 Å². The van der Waals surface area contributed by atoms with E-state index < -0.39 is 44.1 Å². The number of carbonyl (C=O) groups excluding carboxylic acids is 1. The lowest BCUT2D eigenvalue weighted by Gasteiger charge is -2.10. The first-order valence-corrected chi connectivity index (χ1v) is 9.85. The number of carbonyl (C=O) groups is 1. The highest BCUT2D eigenvalue weighted by atomic mass is 32.2. The van der Waals surface area contributed by atoms with Crippen LogP contribution in [-0.4, -0.2) is 14.3 Å². The van der Waals surface area contributed by atoms with Crippen molar-refractivity contribution in [1.29, 1.82) is 0 Å². The Hall–Kier alpha value is -2.92. The number of thiophene rings is 1. The highest BCUT2D eigenvalue weighted by molar-refractivity contribution is 7.92. The molecule has 146 valence electrons. The van der Waals surface area contributed by atoms with Gasteiger partial charge < -0.3 is 5.32 Å². The van der Waals surface area contributed by atoms with E-state index in [0.29, 0.717) is 18.2 Å². The van der Waals surface area contributed by atoms with Crippen molar-refractivity contribution < 1.29 is 30.8 Å². The number of halogens is 4. The minimum atomic E-state index is -4.31. The minimum absolute atomic E-state index is 0.101. The van der Waals surface area contributed by atoms with Crippen LogP contribution in [-0.2, 0) is 10.0 Å². The quantitative estimate of drug-likeness (QED) is 0.591. The highest BCUT2D eigenvalue weighted by Crippen LogP contribution is 2.27. The van der Waals surface area contributed by atoms with Crippen molar-refractivity contribution in [3.8, 4) is 0 Å². The monoisotopic (exact) mass is 430 g/mol. The molecule has 0 aliphatic rings. The van der Waals surface area contributed by atoms with Crippen molar-refractivity contribution in [2.24, 2.45) is 0 Å². The van der Waals surface area contributed by atoms with Crippen LogP contribution in [0.5, 0.6) is 0 Å². The Morgan fingerprint density at radius 2 is 1.57 bits per heavy atom. The maximum Gasteiger partial charge on any atom is 0.267 e. The molecular weight excluding hydrogens is 420 g/mol. The first-order chi connectivity index (χ1) is 13.2. The van der Waals surface area contributed by atoms with E-state index in [2.05, 4.69) is 10.0 Å². The minimum Gasteiger partial charge on any atom is -0.321 e. The van der Waals surface area contributed by atoms with Gasteiger partial charge in [0.2, 0.25) is 0 Å². The van der Waals surface area contributed by atoms with Gasteiger partial charge in [0.1, 0.15) is 16.5 Å². The zero-order valence-electron chi connectivity index (χ0n) is 13.7. The van der Waals surface area contributed by atoms with Gasteiger partial charge in [0, 0.05) is 11.8 Å². The van der Waals surface area contributed by atoms with Crippen LogP contribution in [0, 0.1) is 23.3 Å². The number of anilines is 2. The highest BCUT2D eigenvalue weighted by Gasteiger charge is 2.21. The fraction of sp³-hybridized carbons (Fsp3) is 0.